The number of halogens is 8. The van der Waals surface area contributed by atoms with E-state index < -0.39 is 74.7 Å². The minimum atomic E-state index is -2.85. The second kappa shape index (κ2) is 9.10. The summed E-state index contributed by atoms with van der Waals surface area (Å²) in [5.41, 5.74) is -6.42. The van der Waals surface area contributed by atoms with Crippen LogP contribution in [-0.4, -0.2) is 0 Å². The van der Waals surface area contributed by atoms with Crippen molar-refractivity contribution in [1.29, 1.82) is 15.8 Å². The topological polar surface area (TPSA) is 71.4 Å². The summed E-state index contributed by atoms with van der Waals surface area (Å²) in [5, 5.41) is 26.0. The lowest BCUT2D eigenvalue weighted by Gasteiger charge is -2.17. The maximum Gasteiger partial charge on any atom is 0.169 e. The van der Waals surface area contributed by atoms with E-state index in [2.05, 4.69) is 0 Å². The van der Waals surface area contributed by atoms with Crippen molar-refractivity contribution in [2.45, 2.75) is 5.92 Å². The van der Waals surface area contributed by atoms with Gasteiger partial charge in [-0.05, 0) is 12.2 Å². The summed E-state index contributed by atoms with van der Waals surface area (Å²) in [6.07, 6.45) is 1.66. The third-order valence-corrected chi connectivity index (χ3v) is 4.02. The molecule has 0 radical (unpaired) electrons. The Hall–Kier alpha value is -4.17. The van der Waals surface area contributed by atoms with Gasteiger partial charge in [0.05, 0.1) is 40.5 Å². The first-order valence-corrected chi connectivity index (χ1v) is 7.87. The predicted molar refractivity (Wildman–Crippen MR) is 89.3 cm³/mol. The molecule has 2 aromatic carbocycles. The van der Waals surface area contributed by atoms with Gasteiger partial charge in [-0.1, -0.05) is 0 Å². The summed E-state index contributed by atoms with van der Waals surface area (Å²) in [6.45, 7) is 0. The summed E-state index contributed by atoms with van der Waals surface area (Å²) < 4.78 is 114. The molecule has 0 aliphatic carbocycles. The molecule has 2 aromatic rings. The van der Waals surface area contributed by atoms with Crippen molar-refractivity contribution in [1.82, 2.24) is 0 Å². The molecule has 0 heterocycles. The van der Waals surface area contributed by atoms with E-state index in [-0.39, 0.29) is 0 Å². The van der Waals surface area contributed by atoms with Gasteiger partial charge in [-0.3, -0.25) is 0 Å². The number of rotatable bonds is 4. The first-order valence-electron chi connectivity index (χ1n) is 7.87. The number of nitriles is 3. The van der Waals surface area contributed by atoms with Crippen LogP contribution in [0.15, 0.2) is 12.2 Å². The van der Waals surface area contributed by atoms with Crippen molar-refractivity contribution < 1.29 is 35.1 Å². The Labute approximate surface area is 169 Å². The molecule has 0 bridgehead atoms. The largest absolute Gasteiger partial charge is 0.203 e. The highest BCUT2D eigenvalue weighted by atomic mass is 19.2. The molecule has 11 heteroatoms. The van der Waals surface area contributed by atoms with Crippen LogP contribution < -0.4 is 0 Å². The van der Waals surface area contributed by atoms with Gasteiger partial charge in [0, 0.05) is 12.2 Å². The van der Waals surface area contributed by atoms with Crippen LogP contribution in [0.4, 0.5) is 35.1 Å². The van der Waals surface area contributed by atoms with Crippen LogP contribution in [0.1, 0.15) is 28.2 Å². The molecule has 0 atom stereocenters. The molecule has 0 saturated carbocycles. The Bertz CT molecular complexity index is 1110. The predicted octanol–water partition coefficient (Wildman–Crippen LogP) is 5.53. The standard InChI is InChI=1S/C20H5F8N3/c21-13-8(3-1-5-29)14(22)18(26)11(17(13)25)10(7-31)12-19(27)15(23)9(4-2-6-30)16(24)20(12)28/h1-4,10H/b3-1+,4-2+. The summed E-state index contributed by atoms with van der Waals surface area (Å²) in [7, 11) is 0. The van der Waals surface area contributed by atoms with Gasteiger partial charge in [0.25, 0.3) is 0 Å². The van der Waals surface area contributed by atoms with Gasteiger partial charge in [-0.15, -0.1) is 0 Å². The van der Waals surface area contributed by atoms with E-state index in [0.717, 1.165) is 6.07 Å². The number of benzene rings is 2. The molecule has 3 nitrogen and oxygen atoms in total. The van der Waals surface area contributed by atoms with Crippen LogP contribution in [-0.2, 0) is 0 Å². The monoisotopic (exact) mass is 439 g/mol. The van der Waals surface area contributed by atoms with Gasteiger partial charge in [-0.2, -0.15) is 15.8 Å². The maximum atomic E-state index is 14.4. The molecule has 2 rings (SSSR count). The van der Waals surface area contributed by atoms with Crippen molar-refractivity contribution in [3.8, 4) is 18.2 Å². The van der Waals surface area contributed by atoms with Crippen molar-refractivity contribution in [3.05, 3.63) is 80.9 Å². The van der Waals surface area contributed by atoms with Gasteiger partial charge in [0.15, 0.2) is 46.5 Å². The Kier molecular flexibility index (Phi) is 6.79. The van der Waals surface area contributed by atoms with E-state index in [1.54, 1.807) is 0 Å². The molecule has 0 unspecified atom stereocenters. The average molecular weight is 439 g/mol. The van der Waals surface area contributed by atoms with Gasteiger partial charge in [0.1, 0.15) is 5.92 Å². The Morgan fingerprint density at radius 2 is 0.806 bits per heavy atom. The fraction of sp³-hybridized carbons (Fsp3) is 0.0500. The van der Waals surface area contributed by atoms with Crippen molar-refractivity contribution >= 4 is 12.2 Å². The van der Waals surface area contributed by atoms with Gasteiger partial charge >= 0.3 is 0 Å². The molecule has 0 N–H and O–H groups in total. The summed E-state index contributed by atoms with van der Waals surface area (Å²) in [5.74, 6) is -20.4. The summed E-state index contributed by atoms with van der Waals surface area (Å²) >= 11 is 0. The zero-order valence-corrected chi connectivity index (χ0v) is 14.8. The Morgan fingerprint density at radius 3 is 1.03 bits per heavy atom. The van der Waals surface area contributed by atoms with Crippen LogP contribution in [0, 0.1) is 80.5 Å². The Morgan fingerprint density at radius 1 is 0.516 bits per heavy atom. The summed E-state index contributed by atoms with van der Waals surface area (Å²) in [6, 6.07) is 3.59. The van der Waals surface area contributed by atoms with Gasteiger partial charge < -0.3 is 0 Å². The molecule has 0 fully saturated rings. The van der Waals surface area contributed by atoms with E-state index in [1.807, 2.05) is 0 Å². The van der Waals surface area contributed by atoms with Crippen LogP contribution >= 0.6 is 0 Å². The SMILES string of the molecule is N#C/C=C/c1c(F)c(F)c(C(C#N)c2c(F)c(F)c(/C=C/C#N)c(F)c2F)c(F)c1F. The van der Waals surface area contributed by atoms with E-state index in [4.69, 9.17) is 10.5 Å². The third-order valence-electron chi connectivity index (χ3n) is 4.02. The van der Waals surface area contributed by atoms with Gasteiger partial charge in [-0.25, -0.2) is 35.1 Å². The number of hydrogen-bond acceptors (Lipinski definition) is 3. The molecule has 0 amide bonds. The second-order valence-electron chi connectivity index (χ2n) is 5.65. The van der Waals surface area contributed by atoms with Crippen LogP contribution in [0.2, 0.25) is 0 Å². The molecule has 0 aliphatic heterocycles. The molecule has 0 spiro atoms. The molecule has 0 aromatic heterocycles. The number of hydrogen-bond donors (Lipinski definition) is 0. The highest BCUT2D eigenvalue weighted by molar-refractivity contribution is 5.58. The van der Waals surface area contributed by atoms with Crippen molar-refractivity contribution in [2.75, 3.05) is 0 Å². The number of nitrogens with zero attached hydrogens (tertiary/aromatic N) is 3. The lowest BCUT2D eigenvalue weighted by atomic mass is 9.88. The van der Waals surface area contributed by atoms with Crippen LogP contribution in [0.5, 0.6) is 0 Å². The molecule has 31 heavy (non-hydrogen) atoms. The number of allylic oxidation sites excluding steroid dienone is 2. The molecular weight excluding hydrogens is 434 g/mol. The lowest BCUT2D eigenvalue weighted by Crippen LogP contribution is -2.16. The smallest absolute Gasteiger partial charge is 0.169 e. The highest BCUT2D eigenvalue weighted by Gasteiger charge is 2.36. The Balaban J connectivity index is 2.90. The van der Waals surface area contributed by atoms with E-state index in [9.17, 15) is 40.4 Å². The van der Waals surface area contributed by atoms with Crippen molar-refractivity contribution in [3.63, 3.8) is 0 Å². The molecule has 156 valence electrons. The average Bonchev–Trinajstić information content (AvgIpc) is 2.75. The first kappa shape index (κ1) is 23.1. The van der Waals surface area contributed by atoms with Gasteiger partial charge in [0.2, 0.25) is 0 Å². The molecular formula is C20H5F8N3. The molecule has 0 saturated heterocycles. The highest BCUT2D eigenvalue weighted by Crippen LogP contribution is 2.38. The fourth-order valence-electron chi connectivity index (χ4n) is 2.65. The quantitative estimate of drug-likeness (QED) is 0.357. The zero-order chi connectivity index (χ0) is 23.5. The lowest BCUT2D eigenvalue weighted by molar-refractivity contribution is 0.419. The van der Waals surface area contributed by atoms with E-state index in [1.165, 1.54) is 12.1 Å². The summed E-state index contributed by atoms with van der Waals surface area (Å²) in [4.78, 5) is 0. The first-order chi connectivity index (χ1) is 14.6. The molecule has 0 aliphatic rings. The van der Waals surface area contributed by atoms with E-state index in [0.29, 0.717) is 24.3 Å². The third kappa shape index (κ3) is 3.84. The zero-order valence-electron chi connectivity index (χ0n) is 14.8. The normalized spacial score (nSPS) is 11.2. The van der Waals surface area contributed by atoms with Crippen LogP contribution in [0.25, 0.3) is 12.2 Å². The second-order valence-corrected chi connectivity index (χ2v) is 5.65. The fourth-order valence-corrected chi connectivity index (χ4v) is 2.65. The minimum absolute atomic E-state index is 0.360. The van der Waals surface area contributed by atoms with Crippen LogP contribution in [0.3, 0.4) is 0 Å². The van der Waals surface area contributed by atoms with E-state index >= 15 is 0 Å². The van der Waals surface area contributed by atoms with Crippen molar-refractivity contribution in [2.24, 2.45) is 0 Å². The maximum absolute atomic E-state index is 14.4. The minimum Gasteiger partial charge on any atom is -0.203 e.